The van der Waals surface area contributed by atoms with Crippen LogP contribution in [0.4, 0.5) is 0 Å². The van der Waals surface area contributed by atoms with Gasteiger partial charge in [-0.2, -0.15) is 9.40 Å². The molecule has 0 saturated carbocycles. The molecule has 1 fully saturated rings. The van der Waals surface area contributed by atoms with Gasteiger partial charge in [-0.1, -0.05) is 6.92 Å². The molecule has 1 aromatic rings. The quantitative estimate of drug-likeness (QED) is 0.778. The van der Waals surface area contributed by atoms with Gasteiger partial charge in [-0.05, 0) is 39.7 Å². The Hall–Kier alpha value is -0.920. The molecule has 0 radical (unpaired) electrons. The molecule has 1 aliphatic heterocycles. The monoisotopic (exact) mass is 300 g/mol. The van der Waals surface area contributed by atoms with Gasteiger partial charge in [0.05, 0.1) is 0 Å². The van der Waals surface area contributed by atoms with Crippen molar-refractivity contribution >= 4 is 10.0 Å². The van der Waals surface area contributed by atoms with Gasteiger partial charge in [-0.3, -0.25) is 5.10 Å². The first-order chi connectivity index (χ1) is 9.48. The number of H-pyrrole nitrogens is 1. The third-order valence-electron chi connectivity index (χ3n) is 3.81. The number of hydrogen-bond donors (Lipinski definition) is 2. The Kier molecular flexibility index (Phi) is 4.82. The topological polar surface area (TPSA) is 78.1 Å². The van der Waals surface area contributed by atoms with Crippen LogP contribution in [0.1, 0.15) is 44.4 Å². The van der Waals surface area contributed by atoms with Crippen LogP contribution < -0.4 is 5.32 Å². The number of nitrogens with zero attached hydrogens (tertiary/aromatic N) is 2. The van der Waals surface area contributed by atoms with Gasteiger partial charge in [-0.25, -0.2) is 8.42 Å². The van der Waals surface area contributed by atoms with E-state index in [9.17, 15) is 8.42 Å². The first kappa shape index (κ1) is 15.5. The van der Waals surface area contributed by atoms with E-state index >= 15 is 0 Å². The molecule has 1 aliphatic rings. The first-order valence-electron chi connectivity index (χ1n) is 7.25. The van der Waals surface area contributed by atoms with E-state index in [1.165, 1.54) is 0 Å². The van der Waals surface area contributed by atoms with Crippen LogP contribution in [0, 0.1) is 6.92 Å². The highest BCUT2D eigenvalue weighted by atomic mass is 32.2. The summed E-state index contributed by atoms with van der Waals surface area (Å²) >= 11 is 0. The fourth-order valence-electron chi connectivity index (χ4n) is 2.62. The molecule has 114 valence electrons. The molecule has 0 aromatic carbocycles. The predicted molar refractivity (Wildman–Crippen MR) is 77.9 cm³/mol. The van der Waals surface area contributed by atoms with Gasteiger partial charge in [0, 0.05) is 30.4 Å². The van der Waals surface area contributed by atoms with Gasteiger partial charge in [0.25, 0.3) is 10.0 Å². The molecule has 6 nitrogen and oxygen atoms in total. The lowest BCUT2D eigenvalue weighted by molar-refractivity contribution is 0.405. The summed E-state index contributed by atoms with van der Waals surface area (Å²) < 4.78 is 27.0. The average molecular weight is 300 g/mol. The summed E-state index contributed by atoms with van der Waals surface area (Å²) in [4.78, 5) is 0. The molecular formula is C13H24N4O2S. The number of nitrogens with one attached hydrogen (secondary N) is 2. The largest absolute Gasteiger partial charge is 0.313 e. The number of hydrogen-bond acceptors (Lipinski definition) is 4. The van der Waals surface area contributed by atoms with Crippen molar-refractivity contribution < 1.29 is 8.42 Å². The van der Waals surface area contributed by atoms with Gasteiger partial charge in [-0.15, -0.1) is 0 Å². The number of rotatable bonds is 6. The van der Waals surface area contributed by atoms with E-state index in [0.29, 0.717) is 13.1 Å². The van der Waals surface area contributed by atoms with Gasteiger partial charge >= 0.3 is 0 Å². The van der Waals surface area contributed by atoms with Crippen molar-refractivity contribution in [3.63, 3.8) is 0 Å². The third-order valence-corrected chi connectivity index (χ3v) is 5.80. The highest BCUT2D eigenvalue weighted by Gasteiger charge is 2.36. The molecule has 0 spiro atoms. The van der Waals surface area contributed by atoms with Crippen molar-refractivity contribution in [1.29, 1.82) is 0 Å². The summed E-state index contributed by atoms with van der Waals surface area (Å²) in [5.41, 5.74) is 1.58. The van der Waals surface area contributed by atoms with Crippen LogP contribution in [-0.2, 0) is 16.6 Å². The summed E-state index contributed by atoms with van der Waals surface area (Å²) in [5.74, 6) is 0. The molecule has 1 aromatic heterocycles. The molecule has 0 aliphatic carbocycles. The van der Waals surface area contributed by atoms with Crippen LogP contribution in [0.3, 0.4) is 0 Å². The lowest BCUT2D eigenvalue weighted by Gasteiger charge is -2.20. The fraction of sp³-hybridized carbons (Fsp3) is 0.769. The third kappa shape index (κ3) is 2.89. The molecule has 2 heterocycles. The van der Waals surface area contributed by atoms with Gasteiger partial charge < -0.3 is 5.32 Å². The van der Waals surface area contributed by atoms with Crippen LogP contribution in [0.5, 0.6) is 0 Å². The maximum Gasteiger partial charge on any atom is 0.262 e. The van der Waals surface area contributed by atoms with E-state index < -0.39 is 10.0 Å². The Labute approximate surface area is 121 Å². The van der Waals surface area contributed by atoms with Gasteiger partial charge in [0.1, 0.15) is 0 Å². The second-order valence-electron chi connectivity index (χ2n) is 5.42. The minimum absolute atomic E-state index is 0.0634. The summed E-state index contributed by atoms with van der Waals surface area (Å²) in [7, 11) is -3.48. The second-order valence-corrected chi connectivity index (χ2v) is 7.22. The normalized spacial score (nSPS) is 20.6. The Bertz CT molecular complexity index is 553. The summed E-state index contributed by atoms with van der Waals surface area (Å²) in [6.45, 7) is 7.90. The van der Waals surface area contributed by atoms with E-state index in [1.807, 2.05) is 13.8 Å². The highest BCUT2D eigenvalue weighted by Crippen LogP contribution is 2.27. The zero-order valence-electron chi connectivity index (χ0n) is 12.4. The van der Waals surface area contributed by atoms with Crippen molar-refractivity contribution in [3.8, 4) is 0 Å². The molecule has 1 atom stereocenters. The van der Waals surface area contributed by atoms with Gasteiger partial charge in [0.15, 0.2) is 5.03 Å². The Balaban J connectivity index is 2.27. The van der Waals surface area contributed by atoms with Crippen molar-refractivity contribution in [2.45, 2.75) is 57.6 Å². The number of aromatic amines is 1. The van der Waals surface area contributed by atoms with E-state index in [-0.39, 0.29) is 11.1 Å². The van der Waals surface area contributed by atoms with Crippen LogP contribution in [0.15, 0.2) is 5.03 Å². The maximum atomic E-state index is 12.7. The molecule has 2 N–H and O–H groups in total. The lowest BCUT2D eigenvalue weighted by atomic mass is 10.2. The molecule has 7 heteroatoms. The van der Waals surface area contributed by atoms with Crippen molar-refractivity contribution in [2.24, 2.45) is 0 Å². The van der Waals surface area contributed by atoms with Crippen molar-refractivity contribution in [3.05, 3.63) is 11.3 Å². The van der Waals surface area contributed by atoms with E-state index in [0.717, 1.165) is 37.1 Å². The second kappa shape index (κ2) is 6.24. The smallest absolute Gasteiger partial charge is 0.262 e. The molecular weight excluding hydrogens is 276 g/mol. The zero-order chi connectivity index (χ0) is 14.8. The van der Waals surface area contributed by atoms with Crippen LogP contribution >= 0.6 is 0 Å². The minimum Gasteiger partial charge on any atom is -0.313 e. The zero-order valence-corrected chi connectivity index (χ0v) is 13.3. The van der Waals surface area contributed by atoms with Crippen LogP contribution in [-0.4, -0.2) is 42.1 Å². The molecule has 1 unspecified atom stereocenters. The van der Waals surface area contributed by atoms with Crippen molar-refractivity contribution in [2.75, 3.05) is 13.1 Å². The first-order valence-corrected chi connectivity index (χ1v) is 8.69. The maximum absolute atomic E-state index is 12.7. The van der Waals surface area contributed by atoms with E-state index in [2.05, 4.69) is 22.4 Å². The molecule has 20 heavy (non-hydrogen) atoms. The summed E-state index contributed by atoms with van der Waals surface area (Å²) in [6.07, 6.45) is 2.86. The van der Waals surface area contributed by atoms with Crippen LogP contribution in [0.25, 0.3) is 0 Å². The predicted octanol–water partition coefficient (Wildman–Crippen LogP) is 1.39. The molecule has 2 rings (SSSR count). The minimum atomic E-state index is -3.48. The number of sulfonamides is 1. The fourth-order valence-corrected chi connectivity index (χ4v) is 4.49. The molecule has 1 saturated heterocycles. The highest BCUT2D eigenvalue weighted by molar-refractivity contribution is 7.89. The Morgan fingerprint density at radius 1 is 1.50 bits per heavy atom. The number of aryl methyl sites for hydroxylation is 1. The molecule has 0 amide bonds. The van der Waals surface area contributed by atoms with E-state index in [1.54, 1.807) is 4.31 Å². The number of aromatic nitrogens is 2. The van der Waals surface area contributed by atoms with Gasteiger partial charge in [0.2, 0.25) is 0 Å². The molecule has 0 bridgehead atoms. The average Bonchev–Trinajstić information content (AvgIpc) is 2.97. The summed E-state index contributed by atoms with van der Waals surface area (Å²) in [6, 6.07) is 0.0634. The summed E-state index contributed by atoms with van der Waals surface area (Å²) in [5, 5.41) is 10.3. The van der Waals surface area contributed by atoms with Crippen molar-refractivity contribution in [1.82, 2.24) is 19.8 Å². The Morgan fingerprint density at radius 3 is 2.85 bits per heavy atom. The SMILES string of the molecule is CCCNCc1c(S(=O)(=O)N2CCCC2C)n[nH]c1C. The lowest BCUT2D eigenvalue weighted by Crippen LogP contribution is -2.34. The standard InChI is InChI=1S/C13H24N4O2S/c1-4-7-14-9-12-11(3)15-16-13(12)20(18,19)17-8-5-6-10(17)2/h10,14H,4-9H2,1-3H3,(H,15,16). The van der Waals surface area contributed by atoms with E-state index in [4.69, 9.17) is 0 Å². The van der Waals surface area contributed by atoms with Crippen LogP contribution in [0.2, 0.25) is 0 Å². The Morgan fingerprint density at radius 2 is 2.25 bits per heavy atom.